The Kier molecular flexibility index (Phi) is 10.6. The minimum absolute atomic E-state index is 0. The zero-order valence-electron chi connectivity index (χ0n) is 23.5. The van der Waals surface area contributed by atoms with Crippen LogP contribution in [0.3, 0.4) is 0 Å². The number of aryl methyl sites for hydroxylation is 1. The maximum atomic E-state index is 4.66. The molecule has 0 amide bonds. The van der Waals surface area contributed by atoms with Gasteiger partial charge in [0.1, 0.15) is 0 Å². The fourth-order valence-corrected chi connectivity index (χ4v) is 6.03. The molecular formula is C34H35IrN3Si-2. The summed E-state index contributed by atoms with van der Waals surface area (Å²) < 4.78 is 0. The standard InChI is InChI=1S/C17H13N2.C17H22NSi.Ir/c1-13-12-19-17(15-7-9-18-10-8-15)11-16(13)14-5-3-2-4-6-14;1-13(2)15-11-16(14-9-7-6-8-10-14)18-12-17(15)19(3,4)5;/h2-7,9-12H,1H3;6-9,11-13H,1-5H3;/q2*-1;. The molecule has 2 aromatic carbocycles. The van der Waals surface area contributed by atoms with E-state index < -0.39 is 8.07 Å². The van der Waals surface area contributed by atoms with E-state index in [1.165, 1.54) is 27.4 Å². The second kappa shape index (κ2) is 13.7. The van der Waals surface area contributed by atoms with Crippen LogP contribution < -0.4 is 5.19 Å². The van der Waals surface area contributed by atoms with Crippen LogP contribution in [-0.2, 0) is 20.1 Å². The van der Waals surface area contributed by atoms with Crippen LogP contribution in [0.5, 0.6) is 0 Å². The summed E-state index contributed by atoms with van der Waals surface area (Å²) in [7, 11) is -1.34. The first kappa shape index (κ1) is 30.3. The van der Waals surface area contributed by atoms with E-state index in [9.17, 15) is 0 Å². The number of pyridine rings is 3. The van der Waals surface area contributed by atoms with Crippen molar-refractivity contribution in [2.24, 2.45) is 0 Å². The van der Waals surface area contributed by atoms with E-state index in [1.807, 2.05) is 48.7 Å². The van der Waals surface area contributed by atoms with Crippen LogP contribution in [0.1, 0.15) is 30.9 Å². The third-order valence-electron chi connectivity index (χ3n) is 6.44. The van der Waals surface area contributed by atoms with Crippen molar-refractivity contribution in [1.82, 2.24) is 15.0 Å². The largest absolute Gasteiger partial charge is 0.320 e. The van der Waals surface area contributed by atoms with Crippen LogP contribution in [0.4, 0.5) is 0 Å². The first-order valence-corrected chi connectivity index (χ1v) is 16.6. The van der Waals surface area contributed by atoms with Crippen molar-refractivity contribution < 1.29 is 20.1 Å². The summed E-state index contributed by atoms with van der Waals surface area (Å²) in [4.78, 5) is 13.1. The monoisotopic (exact) mass is 706 g/mol. The molecule has 3 aromatic heterocycles. The van der Waals surface area contributed by atoms with Crippen LogP contribution >= 0.6 is 0 Å². The Balaban J connectivity index is 0.000000210. The molecule has 0 bridgehead atoms. The maximum Gasteiger partial charge on any atom is 0.0799 e. The molecule has 3 heterocycles. The quantitative estimate of drug-likeness (QED) is 0.137. The SMILES string of the molecule is CC(C)c1cc(-c2[c-]cccc2)ncc1[Si](C)(C)C.Cc1cnc(-c2[c-]cncc2)cc1-c1ccccc1.[Ir]. The van der Waals surface area contributed by atoms with Crippen molar-refractivity contribution >= 4 is 13.3 Å². The van der Waals surface area contributed by atoms with Gasteiger partial charge in [-0.25, -0.2) is 0 Å². The summed E-state index contributed by atoms with van der Waals surface area (Å²) in [6.45, 7) is 13.7. The minimum atomic E-state index is -1.34. The van der Waals surface area contributed by atoms with Gasteiger partial charge < -0.3 is 9.97 Å². The molecule has 0 saturated carbocycles. The second-order valence-corrected chi connectivity index (χ2v) is 15.8. The predicted octanol–water partition coefficient (Wildman–Crippen LogP) is 8.13. The summed E-state index contributed by atoms with van der Waals surface area (Å²) in [5, 5.41) is 1.47. The number of rotatable bonds is 5. The van der Waals surface area contributed by atoms with Gasteiger partial charge in [0.25, 0.3) is 0 Å². The van der Waals surface area contributed by atoms with Gasteiger partial charge in [0.05, 0.1) is 8.07 Å². The van der Waals surface area contributed by atoms with E-state index in [0.717, 1.165) is 22.5 Å². The van der Waals surface area contributed by atoms with E-state index >= 15 is 0 Å². The third-order valence-corrected chi connectivity index (χ3v) is 8.47. The molecule has 0 fully saturated rings. The van der Waals surface area contributed by atoms with Gasteiger partial charge in [0.15, 0.2) is 0 Å². The average Bonchev–Trinajstić information content (AvgIpc) is 2.94. The van der Waals surface area contributed by atoms with Crippen molar-refractivity contribution in [3.05, 3.63) is 121 Å². The molecule has 0 N–H and O–H groups in total. The van der Waals surface area contributed by atoms with Gasteiger partial charge >= 0.3 is 0 Å². The molecule has 0 aliphatic heterocycles. The van der Waals surface area contributed by atoms with Crippen LogP contribution in [0.25, 0.3) is 33.6 Å². The van der Waals surface area contributed by atoms with Crippen molar-refractivity contribution in [3.63, 3.8) is 0 Å². The Morgan fingerprint density at radius 2 is 1.44 bits per heavy atom. The van der Waals surface area contributed by atoms with Gasteiger partial charge in [-0.2, -0.15) is 11.6 Å². The van der Waals surface area contributed by atoms with E-state index in [0.29, 0.717) is 5.92 Å². The molecule has 0 saturated heterocycles. The summed E-state index contributed by atoms with van der Waals surface area (Å²) in [6, 6.07) is 31.0. The molecular weight excluding hydrogens is 671 g/mol. The first-order valence-electron chi connectivity index (χ1n) is 13.1. The first-order chi connectivity index (χ1) is 18.2. The Hall–Kier alpha value is -3.24. The van der Waals surface area contributed by atoms with E-state index in [-0.39, 0.29) is 20.1 Å². The summed E-state index contributed by atoms with van der Waals surface area (Å²) >= 11 is 0. The fraction of sp³-hybridized carbons (Fsp3) is 0.206. The van der Waals surface area contributed by atoms with Gasteiger partial charge in [0, 0.05) is 32.5 Å². The molecule has 5 aromatic rings. The summed E-state index contributed by atoms with van der Waals surface area (Å²) in [5.41, 5.74) is 9.02. The fourth-order valence-electron chi connectivity index (χ4n) is 4.35. The Morgan fingerprint density at radius 3 is 2.05 bits per heavy atom. The van der Waals surface area contributed by atoms with Gasteiger partial charge in [-0.3, -0.25) is 4.98 Å². The van der Waals surface area contributed by atoms with Gasteiger partial charge in [0.2, 0.25) is 0 Å². The second-order valence-electron chi connectivity index (χ2n) is 10.7. The molecule has 5 rings (SSSR count). The third kappa shape index (κ3) is 7.89. The normalized spacial score (nSPS) is 10.8. The zero-order valence-corrected chi connectivity index (χ0v) is 26.9. The smallest absolute Gasteiger partial charge is 0.0799 e. The number of aromatic nitrogens is 3. The number of hydrogen-bond donors (Lipinski definition) is 0. The molecule has 1 radical (unpaired) electrons. The molecule has 0 unspecified atom stereocenters. The van der Waals surface area contributed by atoms with E-state index in [4.69, 9.17) is 0 Å². The minimum Gasteiger partial charge on any atom is -0.320 e. The van der Waals surface area contributed by atoms with Gasteiger partial charge in [-0.15, -0.1) is 42.0 Å². The predicted molar refractivity (Wildman–Crippen MR) is 162 cm³/mol. The van der Waals surface area contributed by atoms with Crippen LogP contribution in [0.2, 0.25) is 19.6 Å². The van der Waals surface area contributed by atoms with Crippen LogP contribution in [0, 0.1) is 19.1 Å². The van der Waals surface area contributed by atoms with Crippen LogP contribution in [-0.4, -0.2) is 23.0 Å². The van der Waals surface area contributed by atoms with E-state index in [1.54, 1.807) is 12.4 Å². The molecule has 0 aliphatic rings. The van der Waals surface area contributed by atoms with Crippen LogP contribution in [0.15, 0.2) is 97.6 Å². The molecule has 0 atom stereocenters. The van der Waals surface area contributed by atoms with Crippen molar-refractivity contribution in [3.8, 4) is 33.6 Å². The van der Waals surface area contributed by atoms with Crippen molar-refractivity contribution in [1.29, 1.82) is 0 Å². The Bertz CT molecular complexity index is 1470. The number of hydrogen-bond acceptors (Lipinski definition) is 3. The summed E-state index contributed by atoms with van der Waals surface area (Å²) in [6.07, 6.45) is 7.43. The number of benzene rings is 2. The Morgan fingerprint density at radius 1 is 0.769 bits per heavy atom. The number of nitrogens with zero attached hydrogens (tertiary/aromatic N) is 3. The molecule has 5 heteroatoms. The van der Waals surface area contributed by atoms with Gasteiger partial charge in [-0.1, -0.05) is 81.5 Å². The molecule has 201 valence electrons. The molecule has 0 spiro atoms. The maximum absolute atomic E-state index is 4.66. The molecule has 0 aliphatic carbocycles. The van der Waals surface area contributed by atoms with Crippen molar-refractivity contribution in [2.45, 2.75) is 46.3 Å². The Labute approximate surface area is 248 Å². The average molecular weight is 706 g/mol. The zero-order chi connectivity index (χ0) is 27.1. The van der Waals surface area contributed by atoms with E-state index in [2.05, 4.69) is 104 Å². The molecule has 3 nitrogen and oxygen atoms in total. The summed E-state index contributed by atoms with van der Waals surface area (Å²) in [5.74, 6) is 0.534. The topological polar surface area (TPSA) is 38.7 Å². The van der Waals surface area contributed by atoms with Crippen molar-refractivity contribution in [2.75, 3.05) is 0 Å². The molecule has 39 heavy (non-hydrogen) atoms. The van der Waals surface area contributed by atoms with Gasteiger partial charge in [-0.05, 0) is 58.5 Å².